The van der Waals surface area contributed by atoms with Gasteiger partial charge in [0, 0.05) is 27.9 Å². The molecule has 0 spiro atoms. The van der Waals surface area contributed by atoms with Gasteiger partial charge >= 0.3 is 0 Å². The minimum atomic E-state index is -0.675. The standard InChI is InChI=1S/C22H18ClNO3/c1-15(21(25)16-10-12-18(23)13-11-16)27-20-9-5-8-19(14-20)24-22(26)17-6-3-2-4-7-17/h2-15H,1H3,(H,24,26)/t15-/m1/s1. The molecule has 3 aromatic carbocycles. The maximum atomic E-state index is 12.5. The number of hydrogen-bond acceptors (Lipinski definition) is 3. The predicted octanol–water partition coefficient (Wildman–Crippen LogP) is 5.24. The third-order valence-corrected chi connectivity index (χ3v) is 4.19. The molecule has 0 bridgehead atoms. The van der Waals surface area contributed by atoms with E-state index in [1.54, 1.807) is 79.7 Å². The molecule has 0 aliphatic rings. The van der Waals surface area contributed by atoms with Crippen LogP contribution in [0, 0.1) is 0 Å². The molecule has 0 radical (unpaired) electrons. The van der Waals surface area contributed by atoms with E-state index in [-0.39, 0.29) is 11.7 Å². The quantitative estimate of drug-likeness (QED) is 0.595. The van der Waals surface area contributed by atoms with Gasteiger partial charge in [0.15, 0.2) is 6.10 Å². The highest BCUT2D eigenvalue weighted by molar-refractivity contribution is 6.30. The maximum absolute atomic E-state index is 12.5. The fraction of sp³-hybridized carbons (Fsp3) is 0.0909. The number of benzene rings is 3. The fourth-order valence-electron chi connectivity index (χ4n) is 2.55. The first-order chi connectivity index (χ1) is 13.0. The summed E-state index contributed by atoms with van der Waals surface area (Å²) in [6, 6.07) is 22.6. The first-order valence-corrected chi connectivity index (χ1v) is 8.83. The summed E-state index contributed by atoms with van der Waals surface area (Å²) in [5.74, 6) is 0.138. The Morgan fingerprint density at radius 2 is 1.59 bits per heavy atom. The molecule has 1 atom stereocenters. The number of hydrogen-bond donors (Lipinski definition) is 1. The molecular weight excluding hydrogens is 362 g/mol. The van der Waals surface area contributed by atoms with Gasteiger partial charge in [-0.25, -0.2) is 0 Å². The number of nitrogens with one attached hydrogen (secondary N) is 1. The van der Waals surface area contributed by atoms with Gasteiger partial charge in [-0.2, -0.15) is 0 Å². The lowest BCUT2D eigenvalue weighted by atomic mass is 10.1. The van der Waals surface area contributed by atoms with Crippen molar-refractivity contribution >= 4 is 29.0 Å². The number of ether oxygens (including phenoxy) is 1. The van der Waals surface area contributed by atoms with Gasteiger partial charge in [0.25, 0.3) is 5.91 Å². The number of anilines is 1. The number of carbonyl (C=O) groups excluding carboxylic acids is 2. The summed E-state index contributed by atoms with van der Waals surface area (Å²) in [7, 11) is 0. The van der Waals surface area contributed by atoms with Gasteiger partial charge in [-0.3, -0.25) is 9.59 Å². The largest absolute Gasteiger partial charge is 0.482 e. The van der Waals surface area contributed by atoms with Crippen LogP contribution in [0.5, 0.6) is 5.75 Å². The molecule has 3 rings (SSSR count). The molecule has 0 aliphatic heterocycles. The van der Waals surface area contributed by atoms with Gasteiger partial charge in [-0.15, -0.1) is 0 Å². The monoisotopic (exact) mass is 379 g/mol. The van der Waals surface area contributed by atoms with E-state index in [0.29, 0.717) is 27.6 Å². The molecule has 0 unspecified atom stereocenters. The first kappa shape index (κ1) is 18.7. The van der Waals surface area contributed by atoms with Gasteiger partial charge in [-0.1, -0.05) is 35.9 Å². The van der Waals surface area contributed by atoms with Crippen molar-refractivity contribution in [2.75, 3.05) is 5.32 Å². The maximum Gasteiger partial charge on any atom is 0.255 e. The Morgan fingerprint density at radius 1 is 0.889 bits per heavy atom. The second-order valence-corrected chi connectivity index (χ2v) is 6.42. The van der Waals surface area contributed by atoms with Crippen LogP contribution >= 0.6 is 11.6 Å². The summed E-state index contributed by atoms with van der Waals surface area (Å²) in [5, 5.41) is 3.39. The SMILES string of the molecule is C[C@@H](Oc1cccc(NC(=O)c2ccccc2)c1)C(=O)c1ccc(Cl)cc1. The lowest BCUT2D eigenvalue weighted by Gasteiger charge is -2.15. The van der Waals surface area contributed by atoms with Gasteiger partial charge < -0.3 is 10.1 Å². The molecule has 3 aromatic rings. The van der Waals surface area contributed by atoms with E-state index >= 15 is 0 Å². The van der Waals surface area contributed by atoms with E-state index in [0.717, 1.165) is 0 Å². The Balaban J connectivity index is 1.67. The fourth-order valence-corrected chi connectivity index (χ4v) is 2.67. The Bertz CT molecular complexity index is 939. The lowest BCUT2D eigenvalue weighted by molar-refractivity contribution is 0.0818. The molecule has 0 fully saturated rings. The lowest BCUT2D eigenvalue weighted by Crippen LogP contribution is -2.24. The number of amides is 1. The van der Waals surface area contributed by atoms with Crippen molar-refractivity contribution in [3.8, 4) is 5.75 Å². The van der Waals surface area contributed by atoms with Crippen molar-refractivity contribution in [3.63, 3.8) is 0 Å². The molecule has 4 nitrogen and oxygen atoms in total. The van der Waals surface area contributed by atoms with Crippen LogP contribution in [0.1, 0.15) is 27.6 Å². The highest BCUT2D eigenvalue weighted by Crippen LogP contribution is 2.21. The van der Waals surface area contributed by atoms with Crippen molar-refractivity contribution in [3.05, 3.63) is 95.0 Å². The average Bonchev–Trinajstić information content (AvgIpc) is 2.69. The van der Waals surface area contributed by atoms with E-state index in [4.69, 9.17) is 16.3 Å². The summed E-state index contributed by atoms with van der Waals surface area (Å²) in [6.07, 6.45) is -0.675. The van der Waals surface area contributed by atoms with Crippen LogP contribution in [0.4, 0.5) is 5.69 Å². The molecule has 0 saturated heterocycles. The Hall–Kier alpha value is -3.11. The van der Waals surface area contributed by atoms with E-state index < -0.39 is 6.10 Å². The van der Waals surface area contributed by atoms with Crippen molar-refractivity contribution < 1.29 is 14.3 Å². The van der Waals surface area contributed by atoms with Gasteiger partial charge in [0.1, 0.15) is 5.75 Å². The van der Waals surface area contributed by atoms with Gasteiger partial charge in [0.2, 0.25) is 5.78 Å². The molecule has 1 amide bonds. The van der Waals surface area contributed by atoms with Crippen LogP contribution in [0.15, 0.2) is 78.9 Å². The third kappa shape index (κ3) is 4.96. The van der Waals surface area contributed by atoms with Crippen molar-refractivity contribution in [1.82, 2.24) is 0 Å². The molecule has 136 valence electrons. The second kappa shape index (κ2) is 8.52. The molecular formula is C22H18ClNO3. The molecule has 0 saturated carbocycles. The number of carbonyl (C=O) groups is 2. The topological polar surface area (TPSA) is 55.4 Å². The minimum absolute atomic E-state index is 0.148. The molecule has 5 heteroatoms. The zero-order chi connectivity index (χ0) is 19.2. The highest BCUT2D eigenvalue weighted by Gasteiger charge is 2.17. The Morgan fingerprint density at radius 3 is 2.30 bits per heavy atom. The van der Waals surface area contributed by atoms with E-state index in [1.807, 2.05) is 6.07 Å². The summed E-state index contributed by atoms with van der Waals surface area (Å²) < 4.78 is 5.75. The summed E-state index contributed by atoms with van der Waals surface area (Å²) in [6.45, 7) is 1.69. The molecule has 27 heavy (non-hydrogen) atoms. The predicted molar refractivity (Wildman–Crippen MR) is 107 cm³/mol. The summed E-state index contributed by atoms with van der Waals surface area (Å²) >= 11 is 5.85. The molecule has 0 heterocycles. The summed E-state index contributed by atoms with van der Waals surface area (Å²) in [4.78, 5) is 24.7. The number of halogens is 1. The first-order valence-electron chi connectivity index (χ1n) is 8.46. The number of ketones is 1. The molecule has 0 aliphatic carbocycles. The van der Waals surface area contributed by atoms with Crippen molar-refractivity contribution in [1.29, 1.82) is 0 Å². The molecule has 1 N–H and O–H groups in total. The van der Waals surface area contributed by atoms with Crippen molar-refractivity contribution in [2.45, 2.75) is 13.0 Å². The molecule has 0 aromatic heterocycles. The van der Waals surface area contributed by atoms with Crippen LogP contribution in [0.3, 0.4) is 0 Å². The number of Topliss-reactive ketones (excluding diaryl/α,β-unsaturated/α-hetero) is 1. The van der Waals surface area contributed by atoms with Crippen LogP contribution in [0.25, 0.3) is 0 Å². The zero-order valence-corrected chi connectivity index (χ0v) is 15.4. The van der Waals surface area contributed by atoms with Gasteiger partial charge in [-0.05, 0) is 55.5 Å². The summed E-state index contributed by atoms with van der Waals surface area (Å²) in [5.41, 5.74) is 1.68. The van der Waals surface area contributed by atoms with Crippen LogP contribution in [-0.4, -0.2) is 17.8 Å². The average molecular weight is 380 g/mol. The smallest absolute Gasteiger partial charge is 0.255 e. The highest BCUT2D eigenvalue weighted by atomic mass is 35.5. The van der Waals surface area contributed by atoms with Crippen LogP contribution in [-0.2, 0) is 0 Å². The number of rotatable bonds is 6. The van der Waals surface area contributed by atoms with Crippen molar-refractivity contribution in [2.24, 2.45) is 0 Å². The minimum Gasteiger partial charge on any atom is -0.482 e. The van der Waals surface area contributed by atoms with E-state index in [9.17, 15) is 9.59 Å². The Kier molecular flexibility index (Phi) is 5.89. The van der Waals surface area contributed by atoms with Crippen LogP contribution in [0.2, 0.25) is 5.02 Å². The second-order valence-electron chi connectivity index (χ2n) is 5.98. The third-order valence-electron chi connectivity index (χ3n) is 3.94. The van der Waals surface area contributed by atoms with Gasteiger partial charge in [0.05, 0.1) is 0 Å². The zero-order valence-electron chi connectivity index (χ0n) is 14.7. The van der Waals surface area contributed by atoms with E-state index in [1.165, 1.54) is 0 Å². The Labute approximate surface area is 162 Å². The normalized spacial score (nSPS) is 11.5. The van der Waals surface area contributed by atoms with Crippen LogP contribution < -0.4 is 10.1 Å². The van der Waals surface area contributed by atoms with E-state index in [2.05, 4.69) is 5.32 Å².